The smallest absolute Gasteiger partial charge is 0.0169 e. The van der Waals surface area contributed by atoms with E-state index in [0.29, 0.717) is 5.92 Å². The van der Waals surface area contributed by atoms with Gasteiger partial charge in [-0.3, -0.25) is 0 Å². The van der Waals surface area contributed by atoms with Crippen LogP contribution in [0.1, 0.15) is 64.6 Å². The summed E-state index contributed by atoms with van der Waals surface area (Å²) in [5.74, 6) is 0.584. The van der Waals surface area contributed by atoms with Gasteiger partial charge in [0.05, 0.1) is 0 Å². The van der Waals surface area contributed by atoms with Gasteiger partial charge in [-0.1, -0.05) is 105 Å². The summed E-state index contributed by atoms with van der Waals surface area (Å²) >= 11 is 0. The molecule has 1 aliphatic rings. The lowest BCUT2D eigenvalue weighted by molar-refractivity contribution is 0.375. The molecule has 0 nitrogen and oxygen atoms in total. The van der Waals surface area contributed by atoms with Gasteiger partial charge in [-0.25, -0.2) is 0 Å². The van der Waals surface area contributed by atoms with Crippen molar-refractivity contribution in [3.63, 3.8) is 0 Å². The van der Waals surface area contributed by atoms with Gasteiger partial charge in [0.25, 0.3) is 0 Å². The van der Waals surface area contributed by atoms with E-state index in [-0.39, 0.29) is 11.3 Å². The Labute approximate surface area is 193 Å². The number of hydrogen-bond acceptors (Lipinski definition) is 0. The molecule has 0 radical (unpaired) electrons. The molecule has 2 bridgehead atoms. The van der Waals surface area contributed by atoms with E-state index in [0.717, 1.165) is 0 Å². The summed E-state index contributed by atoms with van der Waals surface area (Å²) in [6.45, 7) is 11.8. The van der Waals surface area contributed by atoms with E-state index in [2.05, 4.69) is 126 Å². The van der Waals surface area contributed by atoms with Crippen LogP contribution >= 0.6 is 0 Å². The Balaban J connectivity index is 1.93. The number of benzene rings is 4. The van der Waals surface area contributed by atoms with E-state index >= 15 is 0 Å². The second kappa shape index (κ2) is 7.78. The summed E-state index contributed by atoms with van der Waals surface area (Å²) in [5.41, 5.74) is 12.5. The van der Waals surface area contributed by atoms with Gasteiger partial charge >= 0.3 is 0 Å². The first-order valence-corrected chi connectivity index (χ1v) is 11.7. The van der Waals surface area contributed by atoms with Crippen molar-refractivity contribution in [3.05, 3.63) is 130 Å². The molecule has 0 heterocycles. The Morgan fingerprint density at radius 2 is 1.25 bits per heavy atom. The predicted molar refractivity (Wildman–Crippen MR) is 137 cm³/mol. The zero-order chi connectivity index (χ0) is 22.5. The van der Waals surface area contributed by atoms with E-state index in [1.165, 1.54) is 50.1 Å². The molecule has 1 aliphatic carbocycles. The minimum atomic E-state index is -0.0653. The quantitative estimate of drug-likeness (QED) is 0.307. The predicted octanol–water partition coefficient (Wildman–Crippen LogP) is 8.49. The zero-order valence-corrected chi connectivity index (χ0v) is 19.8. The van der Waals surface area contributed by atoms with Crippen molar-refractivity contribution in [2.75, 3.05) is 0 Å². The molecule has 4 aromatic carbocycles. The third-order valence-electron chi connectivity index (χ3n) is 7.67. The fourth-order valence-corrected chi connectivity index (χ4v) is 6.11. The monoisotopic (exact) mass is 416 g/mol. The Hall–Kier alpha value is -3.12. The minimum absolute atomic E-state index is 0.0653. The molecule has 5 rings (SSSR count). The topological polar surface area (TPSA) is 0 Å². The molecule has 0 fully saturated rings. The molecule has 4 aromatic rings. The molecular formula is C32H32. The molecule has 0 N–H and O–H groups in total. The van der Waals surface area contributed by atoms with E-state index in [9.17, 15) is 0 Å². The summed E-state index contributed by atoms with van der Waals surface area (Å²) < 4.78 is 0. The van der Waals surface area contributed by atoms with E-state index in [4.69, 9.17) is 0 Å². The number of rotatable bonds is 2. The van der Waals surface area contributed by atoms with Crippen molar-refractivity contribution < 1.29 is 0 Å². The van der Waals surface area contributed by atoms with Crippen LogP contribution in [0.4, 0.5) is 0 Å². The highest BCUT2D eigenvalue weighted by Crippen LogP contribution is 2.55. The maximum Gasteiger partial charge on any atom is 0.0169 e. The Kier molecular flexibility index (Phi) is 5.05. The maximum absolute atomic E-state index is 2.46. The van der Waals surface area contributed by atoms with E-state index in [1.807, 2.05) is 0 Å². The fraction of sp³-hybridized carbons (Fsp3) is 0.250. The summed E-state index contributed by atoms with van der Waals surface area (Å²) in [5, 5.41) is 0. The highest BCUT2D eigenvalue weighted by atomic mass is 14.5. The van der Waals surface area contributed by atoms with Crippen molar-refractivity contribution in [2.24, 2.45) is 0 Å². The first-order chi connectivity index (χ1) is 15.4. The van der Waals surface area contributed by atoms with Crippen LogP contribution in [0.25, 0.3) is 11.1 Å². The molecule has 32 heavy (non-hydrogen) atoms. The second-order valence-corrected chi connectivity index (χ2v) is 10.0. The highest BCUT2D eigenvalue weighted by Gasteiger charge is 2.43. The lowest BCUT2D eigenvalue weighted by atomic mass is 9.58. The van der Waals surface area contributed by atoms with Crippen LogP contribution in [0.15, 0.2) is 91.0 Å². The number of hydrogen-bond donors (Lipinski definition) is 0. The van der Waals surface area contributed by atoms with Crippen LogP contribution < -0.4 is 0 Å². The first kappa shape index (κ1) is 20.8. The second-order valence-electron chi connectivity index (χ2n) is 10.0. The zero-order valence-electron chi connectivity index (χ0n) is 19.8. The highest BCUT2D eigenvalue weighted by molar-refractivity contribution is 5.72. The van der Waals surface area contributed by atoms with Gasteiger partial charge < -0.3 is 0 Å². The standard InChI is InChI=1S/C32H32/c1-21-12-6-7-17-26(21)30-25-16-11-15-24(20-25)27-18-8-9-19-28(27)32(4,5)31(30)29-22(2)13-10-14-23(29)3/h6-20,30-31H,1-5H3. The SMILES string of the molecule is Cc1ccccc1C1c2cccc(c2)-c2ccccc2C(C)(C)C1c1c(C)cccc1C. The molecule has 160 valence electrons. The van der Waals surface area contributed by atoms with Crippen molar-refractivity contribution in [1.82, 2.24) is 0 Å². The van der Waals surface area contributed by atoms with Gasteiger partial charge in [0, 0.05) is 11.8 Å². The molecule has 2 unspecified atom stereocenters. The molecule has 0 saturated carbocycles. The summed E-state index contributed by atoms with van der Waals surface area (Å²) in [6.07, 6.45) is 0. The summed E-state index contributed by atoms with van der Waals surface area (Å²) in [7, 11) is 0. The van der Waals surface area contributed by atoms with Gasteiger partial charge in [-0.05, 0) is 76.3 Å². The van der Waals surface area contributed by atoms with Gasteiger partial charge in [0.15, 0.2) is 0 Å². The average molecular weight is 417 g/mol. The average Bonchev–Trinajstić information content (AvgIpc) is 2.79. The third kappa shape index (κ3) is 3.21. The minimum Gasteiger partial charge on any atom is -0.0620 e. The van der Waals surface area contributed by atoms with Gasteiger partial charge in [0.1, 0.15) is 0 Å². The van der Waals surface area contributed by atoms with Crippen molar-refractivity contribution in [3.8, 4) is 11.1 Å². The van der Waals surface area contributed by atoms with Crippen LogP contribution in [0, 0.1) is 20.8 Å². The fourth-order valence-electron chi connectivity index (χ4n) is 6.11. The van der Waals surface area contributed by atoms with Crippen molar-refractivity contribution >= 4 is 0 Å². The Morgan fingerprint density at radius 3 is 2.00 bits per heavy atom. The lowest BCUT2D eigenvalue weighted by Gasteiger charge is -2.45. The number of fused-ring (bicyclic) bond motifs is 4. The molecule has 0 aliphatic heterocycles. The molecule has 0 saturated heterocycles. The van der Waals surface area contributed by atoms with Crippen LogP contribution in [0.5, 0.6) is 0 Å². The van der Waals surface area contributed by atoms with E-state index < -0.39 is 0 Å². The first-order valence-electron chi connectivity index (χ1n) is 11.7. The van der Waals surface area contributed by atoms with Crippen LogP contribution in [0.2, 0.25) is 0 Å². The van der Waals surface area contributed by atoms with Crippen molar-refractivity contribution in [2.45, 2.75) is 51.9 Å². The molecule has 0 aromatic heterocycles. The molecule has 0 spiro atoms. The van der Waals surface area contributed by atoms with E-state index in [1.54, 1.807) is 0 Å². The third-order valence-corrected chi connectivity index (χ3v) is 7.67. The summed E-state index contributed by atoms with van der Waals surface area (Å²) in [6, 6.07) is 34.1. The summed E-state index contributed by atoms with van der Waals surface area (Å²) in [4.78, 5) is 0. The largest absolute Gasteiger partial charge is 0.0620 e. The molecular weight excluding hydrogens is 384 g/mol. The van der Waals surface area contributed by atoms with Gasteiger partial charge in [-0.15, -0.1) is 0 Å². The molecule has 2 atom stereocenters. The van der Waals surface area contributed by atoms with Crippen LogP contribution in [-0.4, -0.2) is 0 Å². The Bertz CT molecular complexity index is 1270. The number of aryl methyl sites for hydroxylation is 3. The Morgan fingerprint density at radius 1 is 0.625 bits per heavy atom. The molecule has 0 amide bonds. The normalized spacial score (nSPS) is 19.0. The molecule has 0 heteroatoms. The van der Waals surface area contributed by atoms with Gasteiger partial charge in [-0.2, -0.15) is 0 Å². The van der Waals surface area contributed by atoms with Crippen molar-refractivity contribution in [1.29, 1.82) is 0 Å². The van der Waals surface area contributed by atoms with Gasteiger partial charge in [0.2, 0.25) is 0 Å². The van der Waals surface area contributed by atoms with Crippen LogP contribution in [0.3, 0.4) is 0 Å². The lowest BCUT2D eigenvalue weighted by Crippen LogP contribution is -2.35. The maximum atomic E-state index is 2.46. The van der Waals surface area contributed by atoms with Crippen LogP contribution in [-0.2, 0) is 5.41 Å².